The van der Waals surface area contributed by atoms with Gasteiger partial charge in [-0.05, 0) is 88.0 Å². The molecule has 0 unspecified atom stereocenters. The quantitative estimate of drug-likeness (QED) is 0.166. The first-order valence-corrected chi connectivity index (χ1v) is 22.6. The third-order valence-corrected chi connectivity index (χ3v) is 21.4. The van der Waals surface area contributed by atoms with Crippen LogP contribution in [-0.2, 0) is 0 Å². The van der Waals surface area contributed by atoms with Gasteiger partial charge >= 0.3 is 0 Å². The minimum Gasteiger partial charge on any atom is -0.399 e. The van der Waals surface area contributed by atoms with E-state index in [-0.39, 0.29) is 0 Å². The molecule has 9 aromatic rings. The monoisotopic (exact) mass is 722 g/mol. The normalized spacial score (nSPS) is 13.9. The van der Waals surface area contributed by atoms with Gasteiger partial charge in [-0.3, -0.25) is 0 Å². The van der Waals surface area contributed by atoms with Gasteiger partial charge < -0.3 is 10.7 Å². The molecule has 0 atom stereocenters. The summed E-state index contributed by atoms with van der Waals surface area (Å²) in [7, 11) is -4.71. The molecule has 0 spiro atoms. The first-order chi connectivity index (χ1) is 26.7. The Balaban J connectivity index is 0.000000134. The predicted octanol–water partition coefficient (Wildman–Crippen LogP) is 6.15. The van der Waals surface area contributed by atoms with Crippen molar-refractivity contribution in [2.24, 2.45) is 0 Å². The number of benzene rings is 8. The number of hydrogen-bond acceptors (Lipinski definition) is 1. The van der Waals surface area contributed by atoms with E-state index in [4.69, 9.17) is 5.73 Å². The fourth-order valence-electron chi connectivity index (χ4n) is 9.55. The van der Waals surface area contributed by atoms with E-state index < -0.39 is 16.1 Å². The Morgan fingerprint density at radius 1 is 0.352 bits per heavy atom. The number of rotatable bonds is 4. The Kier molecular flexibility index (Phi) is 7.68. The summed E-state index contributed by atoms with van der Waals surface area (Å²) in [4.78, 5) is 3.44. The van der Waals surface area contributed by atoms with Crippen molar-refractivity contribution in [2.45, 2.75) is 0 Å². The number of nitrogens with two attached hydrogens (primary N) is 1. The molecule has 1 aromatic heterocycles. The number of nitrogens with one attached hydrogen (secondary N) is 1. The summed E-state index contributed by atoms with van der Waals surface area (Å²) in [5, 5.41) is 12.9. The molecule has 2 aliphatic heterocycles. The molecule has 0 fully saturated rings. The minimum atomic E-state index is -2.37. The molecule has 0 saturated heterocycles. The average molecular weight is 723 g/mol. The summed E-state index contributed by atoms with van der Waals surface area (Å²) in [6.45, 7) is 0. The number of fused-ring (bicyclic) bond motifs is 8. The van der Waals surface area contributed by atoms with Crippen molar-refractivity contribution in [3.05, 3.63) is 212 Å². The van der Waals surface area contributed by atoms with E-state index in [1.165, 1.54) is 74.7 Å². The van der Waals surface area contributed by atoms with E-state index in [1.54, 1.807) is 0 Å². The zero-order valence-corrected chi connectivity index (χ0v) is 31.8. The maximum Gasteiger partial charge on any atom is 0.181 e. The maximum atomic E-state index is 6.27. The molecule has 4 heteroatoms. The van der Waals surface area contributed by atoms with Crippen LogP contribution in [0.3, 0.4) is 0 Å². The fourth-order valence-corrected chi connectivity index (χ4v) is 20.2. The van der Waals surface area contributed by atoms with Crippen molar-refractivity contribution in [1.29, 1.82) is 0 Å². The molecule has 0 saturated carbocycles. The van der Waals surface area contributed by atoms with E-state index in [9.17, 15) is 0 Å². The lowest BCUT2D eigenvalue weighted by atomic mass is 10.0. The standard InChI is InChI=1S/C26H19NSi.C24H19NSi/c1-3-9-19(10-4-1)28(20-11-5-2-6-12-20)25-14-8-7-13-21(25)22-15-16-24-23(26(22)28)17-18-27-24;25-18-15-16-22-21-13-7-8-14-23(21)26(24(22)17-18,19-9-3-1-4-10-19)20-11-5-2-6-12-20/h1-18,27H;1-17H,25H2. The van der Waals surface area contributed by atoms with E-state index in [0.29, 0.717) is 0 Å². The van der Waals surface area contributed by atoms with Crippen LogP contribution < -0.4 is 47.2 Å². The first-order valence-electron chi connectivity index (χ1n) is 18.6. The average Bonchev–Trinajstić information content (AvgIpc) is 3.93. The number of nitrogen functional groups attached to an aromatic ring is 1. The molecule has 2 aliphatic rings. The molecule has 3 heterocycles. The van der Waals surface area contributed by atoms with Crippen LogP contribution >= 0.6 is 0 Å². The molecule has 0 bridgehead atoms. The van der Waals surface area contributed by atoms with Crippen LogP contribution in [0.2, 0.25) is 0 Å². The molecule has 0 amide bonds. The second kappa shape index (κ2) is 12.9. The summed E-state index contributed by atoms with van der Waals surface area (Å²) in [5.74, 6) is 0. The van der Waals surface area contributed by atoms with Crippen LogP contribution in [0.15, 0.2) is 212 Å². The van der Waals surface area contributed by atoms with Crippen LogP contribution in [0.1, 0.15) is 0 Å². The van der Waals surface area contributed by atoms with Gasteiger partial charge in [0.25, 0.3) is 0 Å². The topological polar surface area (TPSA) is 41.8 Å². The smallest absolute Gasteiger partial charge is 0.181 e. The highest BCUT2D eigenvalue weighted by molar-refractivity contribution is 7.23. The van der Waals surface area contributed by atoms with Crippen molar-refractivity contribution in [2.75, 3.05) is 5.73 Å². The summed E-state index contributed by atoms with van der Waals surface area (Å²) in [5.41, 5.74) is 13.8. The number of aromatic nitrogens is 1. The zero-order valence-electron chi connectivity index (χ0n) is 29.8. The van der Waals surface area contributed by atoms with Crippen molar-refractivity contribution in [1.82, 2.24) is 4.98 Å². The Labute approximate surface area is 318 Å². The van der Waals surface area contributed by atoms with Gasteiger partial charge in [0.05, 0.1) is 0 Å². The Hall–Kier alpha value is -6.47. The lowest BCUT2D eigenvalue weighted by molar-refractivity contribution is 1.48. The molecule has 2 nitrogen and oxygen atoms in total. The van der Waals surface area contributed by atoms with Gasteiger partial charge in [-0.15, -0.1) is 0 Å². The van der Waals surface area contributed by atoms with Gasteiger partial charge in [0, 0.05) is 22.8 Å². The molecule has 11 rings (SSSR count). The third kappa shape index (κ3) is 4.64. The summed E-state index contributed by atoms with van der Waals surface area (Å²) in [6, 6.07) is 75.4. The molecule has 8 aromatic carbocycles. The molecule has 256 valence electrons. The molecule has 0 aliphatic carbocycles. The van der Waals surface area contributed by atoms with Gasteiger partial charge in [0.15, 0.2) is 16.1 Å². The molecular formula is C50H38N2Si2. The number of aromatic amines is 1. The lowest BCUT2D eigenvalue weighted by Gasteiger charge is -2.31. The molecule has 0 radical (unpaired) electrons. The molecular weight excluding hydrogens is 685 g/mol. The van der Waals surface area contributed by atoms with Crippen LogP contribution in [0.25, 0.3) is 33.2 Å². The minimum absolute atomic E-state index is 0.834. The Bertz CT molecular complexity index is 2700. The van der Waals surface area contributed by atoms with Gasteiger partial charge in [-0.2, -0.15) is 0 Å². The van der Waals surface area contributed by atoms with Crippen molar-refractivity contribution in [3.63, 3.8) is 0 Å². The Morgan fingerprint density at radius 3 is 1.33 bits per heavy atom. The lowest BCUT2D eigenvalue weighted by Crippen LogP contribution is -2.72. The molecule has 54 heavy (non-hydrogen) atoms. The SMILES string of the molecule is Nc1ccc2c(c1)[Si](c1ccccc1)(c1ccccc1)c1ccccc1-2.c1ccc([Si]2(c3ccccc3)c3ccccc3-c3ccc4[nH]ccc4c32)cc1. The van der Waals surface area contributed by atoms with Crippen molar-refractivity contribution >= 4 is 74.2 Å². The van der Waals surface area contributed by atoms with Crippen LogP contribution in [0, 0.1) is 0 Å². The van der Waals surface area contributed by atoms with Gasteiger partial charge in [0.1, 0.15) is 0 Å². The summed E-state index contributed by atoms with van der Waals surface area (Å²) in [6.07, 6.45) is 2.07. The highest BCUT2D eigenvalue weighted by Gasteiger charge is 2.50. The predicted molar refractivity (Wildman–Crippen MR) is 234 cm³/mol. The summed E-state index contributed by atoms with van der Waals surface area (Å²) < 4.78 is 0. The fraction of sp³-hybridized carbons (Fsp3) is 0. The Morgan fingerprint density at radius 2 is 0.778 bits per heavy atom. The number of hydrogen-bond donors (Lipinski definition) is 2. The third-order valence-electron chi connectivity index (χ3n) is 11.6. The second-order valence-electron chi connectivity index (χ2n) is 14.3. The van der Waals surface area contributed by atoms with Crippen LogP contribution in [0.5, 0.6) is 0 Å². The van der Waals surface area contributed by atoms with Gasteiger partial charge in [-0.25, -0.2) is 0 Å². The van der Waals surface area contributed by atoms with Gasteiger partial charge in [0.2, 0.25) is 0 Å². The van der Waals surface area contributed by atoms with Gasteiger partial charge in [-0.1, -0.05) is 182 Å². The highest BCUT2D eigenvalue weighted by Crippen LogP contribution is 2.32. The number of anilines is 1. The number of H-pyrrole nitrogens is 1. The summed E-state index contributed by atoms with van der Waals surface area (Å²) >= 11 is 0. The first kappa shape index (κ1) is 32.2. The van der Waals surface area contributed by atoms with E-state index in [1.807, 2.05) is 6.07 Å². The zero-order chi connectivity index (χ0) is 36.1. The highest BCUT2D eigenvalue weighted by atomic mass is 28.3. The van der Waals surface area contributed by atoms with Crippen molar-refractivity contribution < 1.29 is 0 Å². The van der Waals surface area contributed by atoms with Crippen LogP contribution in [-0.4, -0.2) is 21.1 Å². The molecule has 3 N–H and O–H groups in total. The van der Waals surface area contributed by atoms with Crippen molar-refractivity contribution in [3.8, 4) is 22.3 Å². The van der Waals surface area contributed by atoms with E-state index >= 15 is 0 Å². The van der Waals surface area contributed by atoms with E-state index in [0.717, 1.165) is 5.69 Å². The largest absolute Gasteiger partial charge is 0.399 e. The van der Waals surface area contributed by atoms with E-state index in [2.05, 4.69) is 211 Å². The maximum absolute atomic E-state index is 6.27. The van der Waals surface area contributed by atoms with Crippen LogP contribution in [0.4, 0.5) is 5.69 Å². The second-order valence-corrected chi connectivity index (χ2v) is 21.7.